The van der Waals surface area contributed by atoms with Gasteiger partial charge < -0.3 is 5.32 Å². The summed E-state index contributed by atoms with van der Waals surface area (Å²) in [4.78, 5) is 12.1. The van der Waals surface area contributed by atoms with Crippen LogP contribution in [0.15, 0.2) is 29.2 Å². The number of sulfonamides is 1. The minimum absolute atomic E-state index is 0.0519. The van der Waals surface area contributed by atoms with E-state index in [-0.39, 0.29) is 16.7 Å². The van der Waals surface area contributed by atoms with Crippen LogP contribution in [0.25, 0.3) is 0 Å². The lowest BCUT2D eigenvalue weighted by molar-refractivity contribution is -0.126. The molecule has 110 valence electrons. The summed E-state index contributed by atoms with van der Waals surface area (Å²) in [5.74, 6) is 0.554. The van der Waals surface area contributed by atoms with Gasteiger partial charge in [0.25, 0.3) is 0 Å². The third-order valence-electron chi connectivity index (χ3n) is 3.89. The van der Waals surface area contributed by atoms with Crippen LogP contribution >= 0.6 is 0 Å². The molecule has 0 bridgehead atoms. The lowest BCUT2D eigenvalue weighted by Gasteiger charge is -2.15. The molecular formula is C14H20N2O3S. The summed E-state index contributed by atoms with van der Waals surface area (Å²) in [6.45, 7) is 2.42. The van der Waals surface area contributed by atoms with E-state index in [4.69, 9.17) is 5.14 Å². The molecule has 1 fully saturated rings. The van der Waals surface area contributed by atoms with Crippen molar-refractivity contribution in [1.29, 1.82) is 0 Å². The van der Waals surface area contributed by atoms with Gasteiger partial charge in [0, 0.05) is 12.5 Å². The van der Waals surface area contributed by atoms with Gasteiger partial charge in [0.15, 0.2) is 0 Å². The van der Waals surface area contributed by atoms with Gasteiger partial charge in [0.1, 0.15) is 0 Å². The lowest BCUT2D eigenvalue weighted by Crippen LogP contribution is -2.31. The number of benzene rings is 1. The summed E-state index contributed by atoms with van der Waals surface area (Å²) >= 11 is 0. The summed E-state index contributed by atoms with van der Waals surface area (Å²) in [5.41, 5.74) is 0.732. The highest BCUT2D eigenvalue weighted by molar-refractivity contribution is 7.89. The van der Waals surface area contributed by atoms with E-state index in [1.54, 1.807) is 12.1 Å². The fraction of sp³-hybridized carbons (Fsp3) is 0.500. The number of nitrogens with one attached hydrogen (secondary N) is 1. The molecule has 1 aliphatic carbocycles. The Balaban J connectivity index is 1.99. The second-order valence-electron chi connectivity index (χ2n) is 5.42. The van der Waals surface area contributed by atoms with Gasteiger partial charge in [-0.05, 0) is 36.5 Å². The van der Waals surface area contributed by atoms with Gasteiger partial charge in [-0.2, -0.15) is 0 Å². The normalized spacial score (nSPS) is 22.7. The molecule has 5 nitrogen and oxygen atoms in total. The van der Waals surface area contributed by atoms with Gasteiger partial charge in [0.05, 0.1) is 4.90 Å². The summed E-state index contributed by atoms with van der Waals surface area (Å²) in [5, 5.41) is 7.96. The van der Waals surface area contributed by atoms with Crippen molar-refractivity contribution in [2.24, 2.45) is 17.0 Å². The van der Waals surface area contributed by atoms with Gasteiger partial charge in [0.2, 0.25) is 15.9 Å². The third-order valence-corrected chi connectivity index (χ3v) is 4.80. The molecule has 2 atom stereocenters. The number of hydrogen-bond acceptors (Lipinski definition) is 3. The molecule has 0 radical (unpaired) electrons. The largest absolute Gasteiger partial charge is 0.352 e. The van der Waals surface area contributed by atoms with E-state index >= 15 is 0 Å². The van der Waals surface area contributed by atoms with Crippen molar-refractivity contribution >= 4 is 15.9 Å². The Kier molecular flexibility index (Phi) is 4.45. The first-order valence-corrected chi connectivity index (χ1v) is 8.32. The summed E-state index contributed by atoms with van der Waals surface area (Å²) in [6, 6.07) is 6.33. The number of hydrogen-bond donors (Lipinski definition) is 2. The molecule has 0 saturated heterocycles. The molecule has 0 aliphatic heterocycles. The van der Waals surface area contributed by atoms with Gasteiger partial charge in [-0.1, -0.05) is 25.5 Å². The van der Waals surface area contributed by atoms with Crippen molar-refractivity contribution in [3.63, 3.8) is 0 Å². The molecule has 1 aliphatic rings. The Hall–Kier alpha value is -1.40. The van der Waals surface area contributed by atoms with Crippen LogP contribution in [0.4, 0.5) is 0 Å². The average molecular weight is 296 g/mol. The van der Waals surface area contributed by atoms with E-state index in [1.165, 1.54) is 12.1 Å². The number of carbonyl (C=O) groups is 1. The molecule has 6 heteroatoms. The number of primary sulfonamides is 1. The fourth-order valence-corrected chi connectivity index (χ4v) is 3.27. The van der Waals surface area contributed by atoms with Crippen LogP contribution in [0.2, 0.25) is 0 Å². The van der Waals surface area contributed by atoms with Crippen LogP contribution in [-0.2, 0) is 21.4 Å². The lowest BCUT2D eigenvalue weighted by atomic mass is 9.97. The van der Waals surface area contributed by atoms with Crippen molar-refractivity contribution < 1.29 is 13.2 Å². The first-order chi connectivity index (χ1) is 9.38. The molecule has 1 aromatic rings. The Labute approximate surface area is 119 Å². The molecule has 0 spiro atoms. The van der Waals surface area contributed by atoms with Crippen molar-refractivity contribution in [2.75, 3.05) is 0 Å². The first-order valence-electron chi connectivity index (χ1n) is 6.77. The van der Waals surface area contributed by atoms with Crippen molar-refractivity contribution in [3.05, 3.63) is 29.8 Å². The minimum Gasteiger partial charge on any atom is -0.352 e. The fourth-order valence-electron chi connectivity index (χ4n) is 2.69. The average Bonchev–Trinajstić information content (AvgIpc) is 2.82. The Morgan fingerprint density at radius 3 is 2.75 bits per heavy atom. The number of amides is 1. The molecule has 0 heterocycles. The maximum Gasteiger partial charge on any atom is 0.238 e. The van der Waals surface area contributed by atoms with Crippen LogP contribution in [0.5, 0.6) is 0 Å². The Morgan fingerprint density at radius 2 is 2.15 bits per heavy atom. The maximum atomic E-state index is 12.1. The van der Waals surface area contributed by atoms with E-state index in [1.807, 2.05) is 0 Å². The quantitative estimate of drug-likeness (QED) is 0.879. The summed E-state index contributed by atoms with van der Waals surface area (Å²) < 4.78 is 22.5. The van der Waals surface area contributed by atoms with Gasteiger partial charge >= 0.3 is 0 Å². The van der Waals surface area contributed by atoms with Crippen LogP contribution < -0.4 is 10.5 Å². The van der Waals surface area contributed by atoms with Crippen molar-refractivity contribution in [1.82, 2.24) is 5.32 Å². The topological polar surface area (TPSA) is 89.3 Å². The molecule has 1 saturated carbocycles. The highest BCUT2D eigenvalue weighted by atomic mass is 32.2. The second-order valence-corrected chi connectivity index (χ2v) is 6.99. The Morgan fingerprint density at radius 1 is 1.40 bits per heavy atom. The zero-order valence-electron chi connectivity index (χ0n) is 11.5. The molecule has 2 unspecified atom stereocenters. The number of carbonyl (C=O) groups excluding carboxylic acids is 1. The molecule has 2 rings (SSSR count). The molecule has 1 amide bonds. The van der Waals surface area contributed by atoms with E-state index in [0.29, 0.717) is 12.5 Å². The first kappa shape index (κ1) is 15.0. The zero-order chi connectivity index (χ0) is 14.8. The maximum absolute atomic E-state index is 12.1. The minimum atomic E-state index is -3.70. The number of nitrogens with two attached hydrogens (primary N) is 1. The van der Waals surface area contributed by atoms with Gasteiger partial charge in [-0.25, -0.2) is 13.6 Å². The van der Waals surface area contributed by atoms with Crippen LogP contribution in [-0.4, -0.2) is 14.3 Å². The van der Waals surface area contributed by atoms with E-state index in [9.17, 15) is 13.2 Å². The monoisotopic (exact) mass is 296 g/mol. The van der Waals surface area contributed by atoms with Crippen molar-refractivity contribution in [3.8, 4) is 0 Å². The summed E-state index contributed by atoms with van der Waals surface area (Å²) in [6.07, 6.45) is 3.13. The molecule has 0 aromatic heterocycles. The molecular weight excluding hydrogens is 276 g/mol. The standard InChI is InChI=1S/C14H20N2O3S/c1-10-4-2-7-13(10)14(17)16-9-11-5-3-6-12(8-11)20(15,18)19/h3,5-6,8,10,13H,2,4,7,9H2,1H3,(H,16,17)(H2,15,18,19). The van der Waals surface area contributed by atoms with E-state index in [2.05, 4.69) is 12.2 Å². The van der Waals surface area contributed by atoms with Crippen molar-refractivity contribution in [2.45, 2.75) is 37.6 Å². The van der Waals surface area contributed by atoms with E-state index in [0.717, 1.165) is 24.8 Å². The second kappa shape index (κ2) is 5.93. The smallest absolute Gasteiger partial charge is 0.238 e. The van der Waals surface area contributed by atoms with Gasteiger partial charge in [-0.3, -0.25) is 4.79 Å². The van der Waals surface area contributed by atoms with Gasteiger partial charge in [-0.15, -0.1) is 0 Å². The number of rotatable bonds is 4. The Bertz CT molecular complexity index is 598. The van der Waals surface area contributed by atoms with Crippen LogP contribution in [0.3, 0.4) is 0 Å². The SMILES string of the molecule is CC1CCCC1C(=O)NCc1cccc(S(N)(=O)=O)c1. The van der Waals surface area contributed by atoms with Crippen LogP contribution in [0, 0.1) is 11.8 Å². The predicted octanol–water partition coefficient (Wildman–Crippen LogP) is 1.39. The predicted molar refractivity (Wildman–Crippen MR) is 76.2 cm³/mol. The van der Waals surface area contributed by atoms with E-state index < -0.39 is 10.0 Å². The molecule has 3 N–H and O–H groups in total. The summed E-state index contributed by atoms with van der Waals surface area (Å²) in [7, 11) is -3.70. The third kappa shape index (κ3) is 3.58. The highest BCUT2D eigenvalue weighted by Crippen LogP contribution is 2.31. The highest BCUT2D eigenvalue weighted by Gasteiger charge is 2.29. The van der Waals surface area contributed by atoms with Crippen LogP contribution in [0.1, 0.15) is 31.7 Å². The zero-order valence-corrected chi connectivity index (χ0v) is 12.3. The molecule has 20 heavy (non-hydrogen) atoms. The molecule has 1 aromatic carbocycles.